The minimum atomic E-state index is -0.243. The molecule has 4 rings (SSSR count). The summed E-state index contributed by atoms with van der Waals surface area (Å²) >= 11 is 2.89. The van der Waals surface area contributed by atoms with Gasteiger partial charge in [0.1, 0.15) is 6.54 Å². The average Bonchev–Trinajstić information content (AvgIpc) is 3.40. The molecule has 1 fully saturated rings. The van der Waals surface area contributed by atoms with Crippen molar-refractivity contribution in [2.75, 3.05) is 26.2 Å². The predicted molar refractivity (Wildman–Crippen MR) is 110 cm³/mol. The van der Waals surface area contributed by atoms with Gasteiger partial charge < -0.3 is 14.2 Å². The van der Waals surface area contributed by atoms with Crippen LogP contribution in [-0.2, 0) is 11.3 Å². The van der Waals surface area contributed by atoms with E-state index in [4.69, 9.17) is 4.42 Å². The number of carbonyl (C=O) groups excluding carboxylic acids is 1. The van der Waals surface area contributed by atoms with Crippen LogP contribution in [0, 0.1) is 0 Å². The highest BCUT2D eigenvalue weighted by Gasteiger charge is 2.28. The summed E-state index contributed by atoms with van der Waals surface area (Å²) in [6, 6.07) is 14.4. The van der Waals surface area contributed by atoms with Gasteiger partial charge >= 0.3 is 0 Å². The maximum absolute atomic E-state index is 12.8. The van der Waals surface area contributed by atoms with Crippen LogP contribution in [0.1, 0.15) is 12.5 Å². The van der Waals surface area contributed by atoms with E-state index in [9.17, 15) is 4.79 Å². The third kappa shape index (κ3) is 4.63. The van der Waals surface area contributed by atoms with Gasteiger partial charge in [0.2, 0.25) is 5.91 Å². The van der Waals surface area contributed by atoms with Crippen LogP contribution in [0.3, 0.4) is 0 Å². The first-order chi connectivity index (χ1) is 13.7. The Labute approximate surface area is 172 Å². The second-order valence-corrected chi connectivity index (χ2v) is 9.09. The lowest BCUT2D eigenvalue weighted by Gasteiger charge is -2.33. The number of hydrogen-bond donors (Lipinski definition) is 1. The lowest BCUT2D eigenvalue weighted by Crippen LogP contribution is -3.13. The Morgan fingerprint density at radius 2 is 2.00 bits per heavy atom. The molecule has 1 aliphatic rings. The molecule has 0 unspecified atom stereocenters. The molecule has 6 nitrogen and oxygen atoms in total. The molecule has 0 saturated carbocycles. The molecule has 0 spiro atoms. The van der Waals surface area contributed by atoms with E-state index in [2.05, 4.69) is 34.5 Å². The minimum absolute atomic E-state index is 0.139. The lowest BCUT2D eigenvalue weighted by atomic mass is 10.2. The highest BCUT2D eigenvalue weighted by molar-refractivity contribution is 8.00. The molecular weight excluding hydrogens is 392 g/mol. The highest BCUT2D eigenvalue weighted by Crippen LogP contribution is 2.29. The Kier molecular flexibility index (Phi) is 6.09. The predicted octanol–water partition coefficient (Wildman–Crippen LogP) is 2.21. The summed E-state index contributed by atoms with van der Waals surface area (Å²) in [4.78, 5) is 17.2. The highest BCUT2D eigenvalue weighted by atomic mass is 32.2. The van der Waals surface area contributed by atoms with Crippen molar-refractivity contribution < 1.29 is 14.1 Å². The van der Waals surface area contributed by atoms with Crippen LogP contribution in [0.15, 0.2) is 57.5 Å². The Balaban J connectivity index is 1.28. The third-order valence-electron chi connectivity index (χ3n) is 4.84. The van der Waals surface area contributed by atoms with Crippen LogP contribution in [0.5, 0.6) is 0 Å². The summed E-state index contributed by atoms with van der Waals surface area (Å²) in [6.07, 6.45) is 0. The first-order valence-corrected chi connectivity index (χ1v) is 11.2. The fourth-order valence-electron chi connectivity index (χ4n) is 3.32. The van der Waals surface area contributed by atoms with Crippen LogP contribution in [0.25, 0.3) is 10.8 Å². The van der Waals surface area contributed by atoms with Gasteiger partial charge in [-0.2, -0.15) is 0 Å². The van der Waals surface area contributed by atoms with Gasteiger partial charge in [0.05, 0.1) is 36.3 Å². The van der Waals surface area contributed by atoms with E-state index in [1.807, 2.05) is 35.4 Å². The first kappa shape index (κ1) is 19.2. The monoisotopic (exact) mass is 415 g/mol. The Morgan fingerprint density at radius 1 is 1.21 bits per heavy atom. The number of thioether (sulfide) groups is 1. The number of amides is 1. The molecule has 1 aliphatic heterocycles. The Bertz CT molecular complexity index is 890. The standard InChI is InChI=1S/C20H22N4O2S2/c1-15(28-20-22-21-18(26-20)17-8-5-13-27-17)19(25)24-11-9-23(10-12-24)14-16-6-3-2-4-7-16/h2-8,13,15H,9-12,14H2,1H3/p+1/t15-/m0/s1. The summed E-state index contributed by atoms with van der Waals surface area (Å²) in [5.41, 5.74) is 1.35. The van der Waals surface area contributed by atoms with Crippen molar-refractivity contribution in [2.24, 2.45) is 0 Å². The smallest absolute Gasteiger partial charge is 0.277 e. The van der Waals surface area contributed by atoms with E-state index < -0.39 is 0 Å². The molecule has 1 saturated heterocycles. The van der Waals surface area contributed by atoms with Crippen molar-refractivity contribution in [3.8, 4) is 10.8 Å². The minimum Gasteiger partial charge on any atom is -0.410 e. The van der Waals surface area contributed by atoms with Crippen LogP contribution in [-0.4, -0.2) is 52.4 Å². The third-order valence-corrected chi connectivity index (χ3v) is 6.62. The van der Waals surface area contributed by atoms with E-state index in [1.165, 1.54) is 22.2 Å². The van der Waals surface area contributed by atoms with Gasteiger partial charge in [0.15, 0.2) is 0 Å². The van der Waals surface area contributed by atoms with Crippen molar-refractivity contribution in [3.05, 3.63) is 53.4 Å². The Hall–Kier alpha value is -2.16. The van der Waals surface area contributed by atoms with E-state index >= 15 is 0 Å². The molecule has 3 heterocycles. The zero-order valence-corrected chi connectivity index (χ0v) is 17.3. The summed E-state index contributed by atoms with van der Waals surface area (Å²) in [5.74, 6) is 0.648. The van der Waals surface area contributed by atoms with Crippen LogP contribution >= 0.6 is 23.1 Å². The number of piperazine rings is 1. The Morgan fingerprint density at radius 3 is 2.71 bits per heavy atom. The number of nitrogens with one attached hydrogen (secondary N) is 1. The van der Waals surface area contributed by atoms with E-state index in [-0.39, 0.29) is 11.2 Å². The number of hydrogen-bond acceptors (Lipinski definition) is 6. The first-order valence-electron chi connectivity index (χ1n) is 9.39. The quantitative estimate of drug-likeness (QED) is 0.626. The molecule has 1 amide bonds. The molecular formula is C20H23N4O2S2+. The van der Waals surface area contributed by atoms with E-state index in [0.29, 0.717) is 11.1 Å². The number of thiophene rings is 1. The second kappa shape index (κ2) is 8.89. The van der Waals surface area contributed by atoms with Gasteiger partial charge in [-0.1, -0.05) is 48.2 Å². The summed E-state index contributed by atoms with van der Waals surface area (Å²) in [6.45, 7) is 6.44. The van der Waals surface area contributed by atoms with Gasteiger partial charge in [-0.3, -0.25) is 4.79 Å². The number of rotatable bonds is 6. The fourth-order valence-corrected chi connectivity index (χ4v) is 4.73. The van der Waals surface area contributed by atoms with Crippen LogP contribution < -0.4 is 4.90 Å². The molecule has 3 aromatic rings. The molecule has 0 aliphatic carbocycles. The number of aromatic nitrogens is 2. The van der Waals surface area contributed by atoms with Gasteiger partial charge in [-0.25, -0.2) is 0 Å². The maximum atomic E-state index is 12.8. The topological polar surface area (TPSA) is 63.7 Å². The zero-order valence-electron chi connectivity index (χ0n) is 15.7. The van der Waals surface area contributed by atoms with Crippen LogP contribution in [0.4, 0.5) is 0 Å². The molecule has 1 aromatic carbocycles. The van der Waals surface area contributed by atoms with Crippen LogP contribution in [0.2, 0.25) is 0 Å². The average molecular weight is 416 g/mol. The molecule has 2 aromatic heterocycles. The fraction of sp³-hybridized carbons (Fsp3) is 0.350. The van der Waals surface area contributed by atoms with Crippen molar-refractivity contribution in [3.63, 3.8) is 0 Å². The zero-order chi connectivity index (χ0) is 19.3. The number of nitrogens with zero attached hydrogens (tertiary/aromatic N) is 3. The number of quaternary nitrogens is 1. The molecule has 28 heavy (non-hydrogen) atoms. The van der Waals surface area contributed by atoms with Gasteiger partial charge in [-0.15, -0.1) is 21.5 Å². The summed E-state index contributed by atoms with van der Waals surface area (Å²) < 4.78 is 5.70. The maximum Gasteiger partial charge on any atom is 0.277 e. The van der Waals surface area contributed by atoms with Crippen molar-refractivity contribution in [1.82, 2.24) is 15.1 Å². The molecule has 1 atom stereocenters. The van der Waals surface area contributed by atoms with Crippen molar-refractivity contribution in [2.45, 2.75) is 23.9 Å². The largest absolute Gasteiger partial charge is 0.410 e. The molecule has 0 radical (unpaired) electrons. The number of carbonyl (C=O) groups is 1. The number of benzene rings is 1. The molecule has 146 valence electrons. The van der Waals surface area contributed by atoms with E-state index in [0.717, 1.165) is 37.6 Å². The SMILES string of the molecule is C[C@H](Sc1nnc(-c2cccs2)o1)C(=O)N1CC[NH+](Cc2ccccc2)CC1. The molecule has 0 bridgehead atoms. The second-order valence-electron chi connectivity index (χ2n) is 6.85. The van der Waals surface area contributed by atoms with Gasteiger partial charge in [-0.05, 0) is 18.4 Å². The lowest BCUT2D eigenvalue weighted by molar-refractivity contribution is -0.917. The molecule has 1 N–H and O–H groups in total. The normalized spacial score (nSPS) is 16.2. The summed E-state index contributed by atoms with van der Waals surface area (Å²) in [5, 5.41) is 10.3. The van der Waals surface area contributed by atoms with E-state index in [1.54, 1.807) is 11.3 Å². The summed E-state index contributed by atoms with van der Waals surface area (Å²) in [7, 11) is 0. The molecule has 8 heteroatoms. The van der Waals surface area contributed by atoms with Gasteiger partial charge in [0, 0.05) is 5.56 Å². The van der Waals surface area contributed by atoms with Crippen molar-refractivity contribution in [1.29, 1.82) is 0 Å². The van der Waals surface area contributed by atoms with Gasteiger partial charge in [0.25, 0.3) is 11.1 Å². The van der Waals surface area contributed by atoms with Crippen molar-refractivity contribution >= 4 is 29.0 Å².